The number of halogens is 1. The Bertz CT molecular complexity index is 959. The third kappa shape index (κ3) is 3.45. The zero-order valence-corrected chi connectivity index (χ0v) is 16.1. The van der Waals surface area contributed by atoms with Crippen molar-refractivity contribution in [3.8, 4) is 0 Å². The largest absolute Gasteiger partial charge is 0.353 e. The second kappa shape index (κ2) is 7.59. The lowest BCUT2D eigenvalue weighted by atomic mass is 9.66. The lowest BCUT2D eigenvalue weighted by Gasteiger charge is -2.41. The summed E-state index contributed by atoms with van der Waals surface area (Å²) < 4.78 is 14.2. The number of carbonyl (C=O) groups excluding carboxylic acids is 1. The van der Waals surface area contributed by atoms with Gasteiger partial charge in [0, 0.05) is 49.2 Å². The molecule has 9 heteroatoms. The van der Waals surface area contributed by atoms with E-state index in [1.165, 1.54) is 34.7 Å². The molecule has 0 aromatic carbocycles. The molecule has 1 N–H and O–H groups in total. The Morgan fingerprint density at radius 2 is 2.04 bits per heavy atom. The predicted octanol–water partition coefficient (Wildman–Crippen LogP) is 3.28. The summed E-state index contributed by atoms with van der Waals surface area (Å²) in [6, 6.07) is 3.04. The number of carbonyl (C=O) groups is 1. The molecule has 3 heterocycles. The zero-order valence-electron chi connectivity index (χ0n) is 15.3. The van der Waals surface area contributed by atoms with E-state index in [1.807, 2.05) is 5.38 Å². The molecule has 1 aliphatic rings. The van der Waals surface area contributed by atoms with E-state index >= 15 is 0 Å². The van der Waals surface area contributed by atoms with Crippen molar-refractivity contribution in [3.63, 3.8) is 0 Å². The fraction of sp³-hybridized carbons (Fsp3) is 0.316. The van der Waals surface area contributed by atoms with Crippen LogP contribution >= 0.6 is 11.3 Å². The standard InChI is InChI=1S/C19H19FN6OS/c1-26(18-22-8-9-28-18)16(27)13-10-23-17(24-11-13)25-12-19(5-3-6-19)15-14(20)4-2-7-21-15/h2,4,7-11H,3,5-6,12H2,1H3,(H,23,24,25). The normalized spacial score (nSPS) is 14.9. The smallest absolute Gasteiger partial charge is 0.262 e. The third-order valence-corrected chi connectivity index (χ3v) is 5.91. The van der Waals surface area contributed by atoms with E-state index in [9.17, 15) is 9.18 Å². The second-order valence-corrected chi connectivity index (χ2v) is 7.67. The van der Waals surface area contributed by atoms with Crippen molar-refractivity contribution in [1.29, 1.82) is 0 Å². The van der Waals surface area contributed by atoms with Crippen molar-refractivity contribution < 1.29 is 9.18 Å². The van der Waals surface area contributed by atoms with Crippen LogP contribution in [0.1, 0.15) is 35.3 Å². The number of rotatable bonds is 6. The maximum absolute atomic E-state index is 14.2. The minimum absolute atomic E-state index is 0.229. The minimum atomic E-state index is -0.339. The van der Waals surface area contributed by atoms with Gasteiger partial charge in [-0.2, -0.15) is 0 Å². The van der Waals surface area contributed by atoms with Crippen LogP contribution in [0, 0.1) is 5.82 Å². The van der Waals surface area contributed by atoms with Gasteiger partial charge in [0.25, 0.3) is 5.91 Å². The lowest BCUT2D eigenvalue weighted by molar-refractivity contribution is 0.0992. The van der Waals surface area contributed by atoms with Crippen molar-refractivity contribution in [2.45, 2.75) is 24.7 Å². The third-order valence-electron chi connectivity index (χ3n) is 5.07. The van der Waals surface area contributed by atoms with Gasteiger partial charge in [-0.05, 0) is 25.0 Å². The minimum Gasteiger partial charge on any atom is -0.353 e. The highest BCUT2D eigenvalue weighted by Gasteiger charge is 2.41. The van der Waals surface area contributed by atoms with Crippen LogP contribution in [0.2, 0.25) is 0 Å². The van der Waals surface area contributed by atoms with Crippen molar-refractivity contribution in [2.24, 2.45) is 0 Å². The lowest BCUT2D eigenvalue weighted by Crippen LogP contribution is -2.42. The Balaban J connectivity index is 1.43. The first kappa shape index (κ1) is 18.4. The van der Waals surface area contributed by atoms with E-state index < -0.39 is 0 Å². The molecule has 0 atom stereocenters. The van der Waals surface area contributed by atoms with Crippen LogP contribution in [0.15, 0.2) is 42.3 Å². The van der Waals surface area contributed by atoms with Gasteiger partial charge in [-0.3, -0.25) is 14.7 Å². The number of aromatic nitrogens is 4. The number of nitrogens with zero attached hydrogens (tertiary/aromatic N) is 5. The number of pyridine rings is 1. The highest BCUT2D eigenvalue weighted by atomic mass is 32.1. The summed E-state index contributed by atoms with van der Waals surface area (Å²) in [4.78, 5) is 30.8. The average Bonchev–Trinajstić information content (AvgIpc) is 3.22. The van der Waals surface area contributed by atoms with Crippen molar-refractivity contribution >= 4 is 28.3 Å². The molecule has 1 saturated carbocycles. The van der Waals surface area contributed by atoms with Crippen LogP contribution in [0.4, 0.5) is 15.5 Å². The molecule has 0 spiro atoms. The maximum atomic E-state index is 14.2. The first-order valence-corrected chi connectivity index (χ1v) is 9.81. The molecule has 4 rings (SSSR count). The fourth-order valence-corrected chi connectivity index (χ4v) is 3.92. The quantitative estimate of drug-likeness (QED) is 0.686. The Labute approximate surface area is 165 Å². The van der Waals surface area contributed by atoms with Gasteiger partial charge in [-0.1, -0.05) is 6.42 Å². The second-order valence-electron chi connectivity index (χ2n) is 6.80. The van der Waals surface area contributed by atoms with E-state index in [4.69, 9.17) is 0 Å². The summed E-state index contributed by atoms with van der Waals surface area (Å²) in [6.07, 6.45) is 9.00. The molecule has 0 radical (unpaired) electrons. The van der Waals surface area contributed by atoms with Crippen molar-refractivity contribution in [2.75, 3.05) is 23.8 Å². The van der Waals surface area contributed by atoms with Gasteiger partial charge in [0.05, 0.1) is 11.3 Å². The van der Waals surface area contributed by atoms with Gasteiger partial charge in [0.15, 0.2) is 5.13 Å². The topological polar surface area (TPSA) is 83.9 Å². The van der Waals surface area contributed by atoms with Crippen molar-refractivity contribution in [1.82, 2.24) is 19.9 Å². The van der Waals surface area contributed by atoms with Gasteiger partial charge in [-0.25, -0.2) is 19.3 Å². The summed E-state index contributed by atoms with van der Waals surface area (Å²) >= 11 is 1.38. The van der Waals surface area contributed by atoms with Gasteiger partial charge in [-0.15, -0.1) is 11.3 Å². The number of amides is 1. The van der Waals surface area contributed by atoms with Gasteiger partial charge in [0.2, 0.25) is 5.95 Å². The van der Waals surface area contributed by atoms with Crippen molar-refractivity contribution in [3.05, 3.63) is 59.4 Å². The van der Waals surface area contributed by atoms with Crippen LogP contribution < -0.4 is 10.2 Å². The molecule has 3 aromatic rings. The summed E-state index contributed by atoms with van der Waals surface area (Å²) in [5, 5.41) is 5.59. The van der Waals surface area contributed by atoms with Crippen LogP contribution in [-0.2, 0) is 5.41 Å². The van der Waals surface area contributed by atoms with E-state index in [2.05, 4.69) is 25.3 Å². The Kier molecular flexibility index (Phi) is 4.99. The molecule has 7 nitrogen and oxygen atoms in total. The maximum Gasteiger partial charge on any atom is 0.262 e. The summed E-state index contributed by atoms with van der Waals surface area (Å²) in [5.74, 6) is -0.111. The number of hydrogen-bond donors (Lipinski definition) is 1. The monoisotopic (exact) mass is 398 g/mol. The Morgan fingerprint density at radius 3 is 2.64 bits per heavy atom. The Hall–Kier alpha value is -2.94. The van der Waals surface area contributed by atoms with Gasteiger partial charge >= 0.3 is 0 Å². The highest BCUT2D eigenvalue weighted by Crippen LogP contribution is 2.43. The highest BCUT2D eigenvalue weighted by molar-refractivity contribution is 7.13. The average molecular weight is 398 g/mol. The summed E-state index contributed by atoms with van der Waals surface area (Å²) in [5.41, 5.74) is 0.525. The molecule has 1 fully saturated rings. The van der Waals surface area contributed by atoms with Crippen LogP contribution in [0.25, 0.3) is 0 Å². The molecule has 1 amide bonds. The van der Waals surface area contributed by atoms with Gasteiger partial charge < -0.3 is 5.32 Å². The van der Waals surface area contributed by atoms with E-state index in [-0.39, 0.29) is 17.1 Å². The first-order valence-electron chi connectivity index (χ1n) is 8.93. The number of nitrogens with one attached hydrogen (secondary N) is 1. The van der Waals surface area contributed by atoms with Gasteiger partial charge in [0.1, 0.15) is 5.82 Å². The number of hydrogen-bond acceptors (Lipinski definition) is 7. The fourth-order valence-electron chi connectivity index (χ4n) is 3.32. The molecular formula is C19H19FN6OS. The molecule has 0 aliphatic heterocycles. The van der Waals surface area contributed by atoms with E-state index in [0.29, 0.717) is 28.9 Å². The molecule has 0 saturated heterocycles. The molecule has 1 aliphatic carbocycles. The molecule has 28 heavy (non-hydrogen) atoms. The predicted molar refractivity (Wildman–Crippen MR) is 105 cm³/mol. The Morgan fingerprint density at radius 1 is 1.25 bits per heavy atom. The summed E-state index contributed by atoms with van der Waals surface area (Å²) in [6.45, 7) is 0.493. The molecule has 0 bridgehead atoms. The SMILES string of the molecule is CN(C(=O)c1cnc(NCC2(c3ncccc3F)CCC2)nc1)c1nccs1. The molecule has 3 aromatic heterocycles. The zero-order chi connectivity index (χ0) is 19.6. The molecule has 0 unspecified atom stereocenters. The summed E-state index contributed by atoms with van der Waals surface area (Å²) in [7, 11) is 1.66. The first-order chi connectivity index (χ1) is 13.6. The molecular weight excluding hydrogens is 379 g/mol. The molecule has 144 valence electrons. The van der Waals surface area contributed by atoms with Crippen LogP contribution in [0.5, 0.6) is 0 Å². The van der Waals surface area contributed by atoms with Crippen LogP contribution in [0.3, 0.4) is 0 Å². The number of thiazole rings is 1. The number of anilines is 2. The van der Waals surface area contributed by atoms with E-state index in [0.717, 1.165) is 19.3 Å². The van der Waals surface area contributed by atoms with E-state index in [1.54, 1.807) is 25.5 Å². The van der Waals surface area contributed by atoms with Crippen LogP contribution in [-0.4, -0.2) is 39.4 Å².